The Kier molecular flexibility index (Phi) is 7.08. The van der Waals surface area contributed by atoms with Crippen LogP contribution in [0.3, 0.4) is 0 Å². The van der Waals surface area contributed by atoms with Crippen molar-refractivity contribution in [2.45, 2.75) is 19.9 Å². The van der Waals surface area contributed by atoms with Crippen molar-refractivity contribution in [1.82, 2.24) is 20.4 Å². The van der Waals surface area contributed by atoms with Gasteiger partial charge in [0.15, 0.2) is 0 Å². The third kappa shape index (κ3) is 6.11. The predicted octanol–water partition coefficient (Wildman–Crippen LogP) is 0.224. The Balaban J connectivity index is 1.73. The molecule has 1 aromatic rings. The number of amides is 3. The van der Waals surface area contributed by atoms with E-state index >= 15 is 0 Å². The fourth-order valence-corrected chi connectivity index (χ4v) is 2.73. The second-order valence-electron chi connectivity index (χ2n) is 6.57. The van der Waals surface area contributed by atoms with Crippen LogP contribution in [0.1, 0.15) is 24.2 Å². The molecule has 0 aliphatic carbocycles. The van der Waals surface area contributed by atoms with Crippen molar-refractivity contribution in [3.63, 3.8) is 0 Å². The van der Waals surface area contributed by atoms with E-state index in [1.165, 1.54) is 18.2 Å². The van der Waals surface area contributed by atoms with E-state index in [2.05, 4.69) is 10.6 Å². The van der Waals surface area contributed by atoms with Gasteiger partial charge >= 0.3 is 0 Å². The molecule has 2 rings (SSSR count). The van der Waals surface area contributed by atoms with E-state index in [-0.39, 0.29) is 30.0 Å². The molecular weight excluding hydrogens is 339 g/mol. The highest BCUT2D eigenvalue weighted by Crippen LogP contribution is 2.04. The summed E-state index contributed by atoms with van der Waals surface area (Å²) in [6.45, 7) is 6.22. The van der Waals surface area contributed by atoms with Gasteiger partial charge in [-0.1, -0.05) is 6.07 Å². The molecule has 0 unspecified atom stereocenters. The molecule has 1 aliphatic rings. The number of benzene rings is 1. The van der Waals surface area contributed by atoms with Gasteiger partial charge in [0, 0.05) is 37.8 Å². The minimum atomic E-state index is -0.499. The number of piperazine rings is 1. The van der Waals surface area contributed by atoms with E-state index < -0.39 is 11.7 Å². The molecule has 26 heavy (non-hydrogen) atoms. The fraction of sp³-hybridized carbons (Fsp3) is 0.500. The average Bonchev–Trinajstić information content (AvgIpc) is 2.59. The summed E-state index contributed by atoms with van der Waals surface area (Å²) in [7, 11) is 0. The first kappa shape index (κ1) is 19.8. The summed E-state index contributed by atoms with van der Waals surface area (Å²) in [6, 6.07) is 5.42. The van der Waals surface area contributed by atoms with Gasteiger partial charge in [0.25, 0.3) is 5.91 Å². The van der Waals surface area contributed by atoms with Crippen LogP contribution in [0.15, 0.2) is 24.3 Å². The molecule has 1 saturated heterocycles. The van der Waals surface area contributed by atoms with E-state index in [9.17, 15) is 18.8 Å². The largest absolute Gasteiger partial charge is 0.353 e. The number of carbonyl (C=O) groups is 3. The second kappa shape index (κ2) is 9.28. The van der Waals surface area contributed by atoms with Gasteiger partial charge < -0.3 is 15.5 Å². The zero-order valence-corrected chi connectivity index (χ0v) is 15.1. The second-order valence-corrected chi connectivity index (χ2v) is 6.57. The molecular formula is C18H25FN4O3. The van der Waals surface area contributed by atoms with Crippen LogP contribution in [0.2, 0.25) is 0 Å². The van der Waals surface area contributed by atoms with E-state index in [4.69, 9.17) is 0 Å². The van der Waals surface area contributed by atoms with Gasteiger partial charge in [-0.15, -0.1) is 0 Å². The summed E-state index contributed by atoms with van der Waals surface area (Å²) >= 11 is 0. The van der Waals surface area contributed by atoms with Gasteiger partial charge in [-0.25, -0.2) is 4.39 Å². The van der Waals surface area contributed by atoms with E-state index in [1.807, 2.05) is 18.7 Å². The maximum Gasteiger partial charge on any atom is 0.251 e. The summed E-state index contributed by atoms with van der Waals surface area (Å²) in [5, 5.41) is 5.35. The number of hydrogen-bond donors (Lipinski definition) is 2. The number of nitrogens with zero attached hydrogens (tertiary/aromatic N) is 2. The summed E-state index contributed by atoms with van der Waals surface area (Å²) in [6.07, 6.45) is 0. The van der Waals surface area contributed by atoms with Crippen LogP contribution in [-0.2, 0) is 9.59 Å². The van der Waals surface area contributed by atoms with Crippen LogP contribution < -0.4 is 10.6 Å². The van der Waals surface area contributed by atoms with Crippen molar-refractivity contribution in [3.8, 4) is 0 Å². The highest BCUT2D eigenvalue weighted by atomic mass is 19.1. The van der Waals surface area contributed by atoms with Crippen LogP contribution in [0.4, 0.5) is 4.39 Å². The maximum absolute atomic E-state index is 13.1. The molecule has 1 heterocycles. The summed E-state index contributed by atoms with van der Waals surface area (Å²) in [5.74, 6) is -1.20. The number of hydrogen-bond acceptors (Lipinski definition) is 4. The van der Waals surface area contributed by atoms with Crippen LogP contribution in [0, 0.1) is 5.82 Å². The summed E-state index contributed by atoms with van der Waals surface area (Å²) < 4.78 is 13.1. The summed E-state index contributed by atoms with van der Waals surface area (Å²) in [4.78, 5) is 39.6. The minimum Gasteiger partial charge on any atom is -0.353 e. The third-order valence-corrected chi connectivity index (χ3v) is 4.03. The molecule has 0 atom stereocenters. The first-order chi connectivity index (χ1) is 12.3. The molecule has 142 valence electrons. The SMILES string of the molecule is CC(C)NC(=O)CN1CCN(C(=O)CNC(=O)c2cccc(F)c2)CC1. The molecule has 0 saturated carbocycles. The highest BCUT2D eigenvalue weighted by Gasteiger charge is 2.22. The Hall–Kier alpha value is -2.48. The van der Waals surface area contributed by atoms with Gasteiger partial charge in [-0.3, -0.25) is 19.3 Å². The average molecular weight is 364 g/mol. The lowest BCUT2D eigenvalue weighted by Gasteiger charge is -2.34. The fourth-order valence-electron chi connectivity index (χ4n) is 2.73. The van der Waals surface area contributed by atoms with Gasteiger partial charge in [0.05, 0.1) is 13.1 Å². The number of nitrogens with one attached hydrogen (secondary N) is 2. The molecule has 1 fully saturated rings. The van der Waals surface area contributed by atoms with Crippen molar-refractivity contribution in [2.75, 3.05) is 39.3 Å². The Morgan fingerprint density at radius 1 is 1.15 bits per heavy atom. The Morgan fingerprint density at radius 3 is 2.46 bits per heavy atom. The molecule has 8 heteroatoms. The Bertz CT molecular complexity index is 658. The number of halogens is 1. The standard InChI is InChI=1S/C18H25FN4O3/c1-13(2)21-16(24)12-22-6-8-23(9-7-22)17(25)11-20-18(26)14-4-3-5-15(19)10-14/h3-5,10,13H,6-9,11-12H2,1-2H3,(H,20,26)(H,21,24). The van der Waals surface area contributed by atoms with Crippen molar-refractivity contribution in [1.29, 1.82) is 0 Å². The van der Waals surface area contributed by atoms with Crippen molar-refractivity contribution < 1.29 is 18.8 Å². The topological polar surface area (TPSA) is 81.8 Å². The number of rotatable bonds is 6. The van der Waals surface area contributed by atoms with Crippen LogP contribution >= 0.6 is 0 Å². The highest BCUT2D eigenvalue weighted by molar-refractivity contribution is 5.96. The van der Waals surface area contributed by atoms with Crippen LogP contribution in [-0.4, -0.2) is 72.8 Å². The monoisotopic (exact) mass is 364 g/mol. The molecule has 0 bridgehead atoms. The summed E-state index contributed by atoms with van der Waals surface area (Å²) in [5.41, 5.74) is 0.179. The molecule has 0 radical (unpaired) electrons. The molecule has 3 amide bonds. The van der Waals surface area contributed by atoms with Crippen LogP contribution in [0.25, 0.3) is 0 Å². The van der Waals surface area contributed by atoms with Gasteiger partial charge in [0.1, 0.15) is 5.82 Å². The third-order valence-electron chi connectivity index (χ3n) is 4.03. The quantitative estimate of drug-likeness (QED) is 0.757. The molecule has 2 N–H and O–H groups in total. The van der Waals surface area contributed by atoms with Gasteiger partial charge in [-0.05, 0) is 32.0 Å². The van der Waals surface area contributed by atoms with Gasteiger partial charge in [0.2, 0.25) is 11.8 Å². The lowest BCUT2D eigenvalue weighted by Crippen LogP contribution is -2.53. The lowest BCUT2D eigenvalue weighted by molar-refractivity contribution is -0.132. The van der Waals surface area contributed by atoms with Crippen molar-refractivity contribution in [3.05, 3.63) is 35.6 Å². The van der Waals surface area contributed by atoms with E-state index in [0.29, 0.717) is 32.7 Å². The zero-order valence-electron chi connectivity index (χ0n) is 15.1. The van der Waals surface area contributed by atoms with E-state index in [0.717, 1.165) is 6.07 Å². The molecule has 1 aliphatic heterocycles. The zero-order chi connectivity index (χ0) is 19.1. The Labute approximate surface area is 152 Å². The maximum atomic E-state index is 13.1. The van der Waals surface area contributed by atoms with E-state index in [1.54, 1.807) is 4.90 Å². The smallest absolute Gasteiger partial charge is 0.251 e. The van der Waals surface area contributed by atoms with Crippen molar-refractivity contribution in [2.24, 2.45) is 0 Å². The van der Waals surface area contributed by atoms with Crippen molar-refractivity contribution >= 4 is 17.7 Å². The minimum absolute atomic E-state index is 0.0258. The first-order valence-corrected chi connectivity index (χ1v) is 8.68. The lowest BCUT2D eigenvalue weighted by atomic mass is 10.2. The van der Waals surface area contributed by atoms with Crippen LogP contribution in [0.5, 0.6) is 0 Å². The molecule has 0 spiro atoms. The first-order valence-electron chi connectivity index (χ1n) is 8.68. The molecule has 1 aromatic carbocycles. The molecule has 0 aromatic heterocycles. The van der Waals surface area contributed by atoms with Gasteiger partial charge in [-0.2, -0.15) is 0 Å². The normalized spacial score (nSPS) is 15.0. The predicted molar refractivity (Wildman–Crippen MR) is 95.0 cm³/mol. The molecule has 7 nitrogen and oxygen atoms in total. The Morgan fingerprint density at radius 2 is 1.85 bits per heavy atom. The number of carbonyl (C=O) groups excluding carboxylic acids is 3.